The van der Waals surface area contributed by atoms with Crippen LogP contribution in [0.25, 0.3) is 0 Å². The third-order valence-corrected chi connectivity index (χ3v) is 3.73. The second-order valence-corrected chi connectivity index (χ2v) is 5.36. The molecule has 0 fully saturated rings. The van der Waals surface area contributed by atoms with Crippen molar-refractivity contribution in [2.24, 2.45) is 0 Å². The molecule has 0 aliphatic carbocycles. The molecule has 0 saturated heterocycles. The summed E-state index contributed by atoms with van der Waals surface area (Å²) < 4.78 is 5.16. The first-order chi connectivity index (χ1) is 10.6. The van der Waals surface area contributed by atoms with Crippen molar-refractivity contribution in [3.05, 3.63) is 64.2 Å². The molecule has 2 aromatic rings. The molecule has 1 aliphatic heterocycles. The van der Waals surface area contributed by atoms with Gasteiger partial charge in [0.2, 0.25) is 0 Å². The second kappa shape index (κ2) is 5.87. The van der Waals surface area contributed by atoms with Gasteiger partial charge >= 0.3 is 0 Å². The highest BCUT2D eigenvalue weighted by Gasteiger charge is 2.38. The van der Waals surface area contributed by atoms with E-state index in [0.717, 1.165) is 4.90 Å². The normalized spacial score (nSPS) is 14.9. The van der Waals surface area contributed by atoms with Gasteiger partial charge in [0.05, 0.1) is 18.5 Å². The first kappa shape index (κ1) is 14.7. The molecule has 0 unspecified atom stereocenters. The van der Waals surface area contributed by atoms with Gasteiger partial charge in [0.25, 0.3) is 11.8 Å². The highest BCUT2D eigenvalue weighted by molar-refractivity contribution is 6.52. The van der Waals surface area contributed by atoms with Crippen LogP contribution in [0.3, 0.4) is 0 Å². The van der Waals surface area contributed by atoms with Gasteiger partial charge < -0.3 is 9.73 Å². The maximum Gasteiger partial charge on any atom is 0.283 e. The number of imide groups is 1. The van der Waals surface area contributed by atoms with E-state index in [0.29, 0.717) is 16.5 Å². The highest BCUT2D eigenvalue weighted by atomic mass is 35.5. The van der Waals surface area contributed by atoms with Crippen molar-refractivity contribution in [1.82, 2.24) is 5.32 Å². The smallest absolute Gasteiger partial charge is 0.283 e. The Morgan fingerprint density at radius 1 is 1.05 bits per heavy atom. The first-order valence-electron chi connectivity index (χ1n) is 6.38. The highest BCUT2D eigenvalue weighted by Crippen LogP contribution is 2.29. The number of hydrogen-bond donors (Lipinski definition) is 1. The summed E-state index contributed by atoms with van der Waals surface area (Å²) >= 11 is 11.8. The van der Waals surface area contributed by atoms with Gasteiger partial charge in [-0.2, -0.15) is 0 Å². The molecule has 1 N–H and O–H groups in total. The molecule has 0 bridgehead atoms. The van der Waals surface area contributed by atoms with E-state index in [9.17, 15) is 9.59 Å². The van der Waals surface area contributed by atoms with E-state index < -0.39 is 11.8 Å². The largest absolute Gasteiger partial charge is 0.467 e. The number of halogens is 2. The van der Waals surface area contributed by atoms with Crippen LogP contribution >= 0.6 is 23.2 Å². The Bertz CT molecular complexity index is 752. The van der Waals surface area contributed by atoms with E-state index in [-0.39, 0.29) is 17.3 Å². The molecule has 5 nitrogen and oxygen atoms in total. The number of benzene rings is 1. The first-order valence-corrected chi connectivity index (χ1v) is 7.14. The quantitative estimate of drug-likeness (QED) is 0.871. The van der Waals surface area contributed by atoms with E-state index in [1.54, 1.807) is 36.4 Å². The Morgan fingerprint density at radius 2 is 1.77 bits per heavy atom. The van der Waals surface area contributed by atoms with E-state index in [1.807, 2.05) is 0 Å². The zero-order valence-corrected chi connectivity index (χ0v) is 12.7. The summed E-state index contributed by atoms with van der Waals surface area (Å²) in [5.74, 6) is -0.457. The van der Waals surface area contributed by atoms with Gasteiger partial charge in [0, 0.05) is 5.02 Å². The van der Waals surface area contributed by atoms with Crippen LogP contribution in [0.1, 0.15) is 5.76 Å². The topological polar surface area (TPSA) is 62.6 Å². The van der Waals surface area contributed by atoms with Crippen molar-refractivity contribution >= 4 is 40.7 Å². The van der Waals surface area contributed by atoms with E-state index in [2.05, 4.69) is 5.32 Å². The number of nitrogens with one attached hydrogen (secondary N) is 1. The van der Waals surface area contributed by atoms with Gasteiger partial charge in [-0.15, -0.1) is 0 Å². The molecule has 1 aromatic heterocycles. The average molecular weight is 337 g/mol. The summed E-state index contributed by atoms with van der Waals surface area (Å²) in [6.45, 7) is 0.256. The maximum absolute atomic E-state index is 12.4. The Hall–Kier alpha value is -2.24. The van der Waals surface area contributed by atoms with Crippen molar-refractivity contribution in [1.29, 1.82) is 0 Å². The van der Waals surface area contributed by atoms with Crippen molar-refractivity contribution in [3.8, 4) is 0 Å². The standard InChI is InChI=1S/C15H10Cl2N2O3/c16-9-3-5-10(6-4-9)19-14(20)12(17)13(15(19)21)18-8-11-2-1-7-22-11/h1-7,18H,8H2. The molecular formula is C15H10Cl2N2O3. The minimum absolute atomic E-state index is 0.0537. The lowest BCUT2D eigenvalue weighted by atomic mass is 10.3. The number of carbonyl (C=O) groups excluding carboxylic acids is 2. The molecule has 3 rings (SSSR count). The lowest BCUT2D eigenvalue weighted by molar-refractivity contribution is -0.120. The number of amides is 2. The minimum atomic E-state index is -0.573. The number of nitrogens with zero attached hydrogens (tertiary/aromatic N) is 1. The van der Waals surface area contributed by atoms with Gasteiger partial charge in [-0.25, -0.2) is 4.90 Å². The summed E-state index contributed by atoms with van der Waals surface area (Å²) in [6, 6.07) is 9.84. The molecule has 0 spiro atoms. The maximum atomic E-state index is 12.4. The number of anilines is 1. The van der Waals surface area contributed by atoms with Crippen molar-refractivity contribution in [2.75, 3.05) is 4.90 Å². The summed E-state index contributed by atoms with van der Waals surface area (Å²) in [5, 5.41) is 3.21. The summed E-state index contributed by atoms with van der Waals surface area (Å²) in [5.41, 5.74) is 0.463. The van der Waals surface area contributed by atoms with Gasteiger partial charge in [0.15, 0.2) is 0 Å². The van der Waals surface area contributed by atoms with Gasteiger partial charge in [-0.3, -0.25) is 9.59 Å². The number of rotatable bonds is 4. The molecule has 22 heavy (non-hydrogen) atoms. The number of carbonyl (C=O) groups is 2. The predicted octanol–water partition coefficient (Wildman–Crippen LogP) is 3.05. The molecule has 0 atom stereocenters. The third kappa shape index (κ3) is 2.61. The second-order valence-electron chi connectivity index (χ2n) is 4.54. The average Bonchev–Trinajstić information content (AvgIpc) is 3.08. The van der Waals surface area contributed by atoms with Crippen LogP contribution in [0.5, 0.6) is 0 Å². The van der Waals surface area contributed by atoms with Crippen molar-refractivity contribution < 1.29 is 14.0 Å². The van der Waals surface area contributed by atoms with Crippen LogP contribution in [0.2, 0.25) is 5.02 Å². The van der Waals surface area contributed by atoms with Crippen LogP contribution in [-0.4, -0.2) is 11.8 Å². The molecule has 112 valence electrons. The fourth-order valence-corrected chi connectivity index (χ4v) is 2.43. The van der Waals surface area contributed by atoms with Crippen molar-refractivity contribution in [3.63, 3.8) is 0 Å². The Balaban J connectivity index is 1.82. The lowest BCUT2D eigenvalue weighted by Crippen LogP contribution is -2.33. The van der Waals surface area contributed by atoms with Crippen LogP contribution in [0, 0.1) is 0 Å². The number of furan rings is 1. The third-order valence-electron chi connectivity index (χ3n) is 3.13. The zero-order valence-electron chi connectivity index (χ0n) is 11.2. The molecule has 2 amide bonds. The van der Waals surface area contributed by atoms with E-state index in [1.165, 1.54) is 6.26 Å². The Labute approximate surface area is 136 Å². The molecular weight excluding hydrogens is 327 g/mol. The fourth-order valence-electron chi connectivity index (χ4n) is 2.07. The monoisotopic (exact) mass is 336 g/mol. The molecule has 1 aromatic carbocycles. The minimum Gasteiger partial charge on any atom is -0.467 e. The lowest BCUT2D eigenvalue weighted by Gasteiger charge is -2.14. The van der Waals surface area contributed by atoms with Crippen LogP contribution < -0.4 is 10.2 Å². The zero-order chi connectivity index (χ0) is 15.7. The van der Waals surface area contributed by atoms with Crippen LogP contribution in [-0.2, 0) is 16.1 Å². The molecule has 0 saturated carbocycles. The Kier molecular flexibility index (Phi) is 3.92. The van der Waals surface area contributed by atoms with E-state index in [4.69, 9.17) is 27.6 Å². The SMILES string of the molecule is O=C1C(Cl)=C(NCc2ccco2)C(=O)N1c1ccc(Cl)cc1. The van der Waals surface area contributed by atoms with Crippen LogP contribution in [0.4, 0.5) is 5.69 Å². The molecule has 7 heteroatoms. The van der Waals surface area contributed by atoms with E-state index >= 15 is 0 Å². The molecule has 0 radical (unpaired) electrons. The Morgan fingerprint density at radius 3 is 2.41 bits per heavy atom. The predicted molar refractivity (Wildman–Crippen MR) is 82.4 cm³/mol. The fraction of sp³-hybridized carbons (Fsp3) is 0.0667. The summed E-state index contributed by atoms with van der Waals surface area (Å²) in [7, 11) is 0. The van der Waals surface area contributed by atoms with Crippen molar-refractivity contribution in [2.45, 2.75) is 6.54 Å². The van der Waals surface area contributed by atoms with Crippen LogP contribution in [0.15, 0.2) is 57.8 Å². The van der Waals surface area contributed by atoms with Gasteiger partial charge in [-0.05, 0) is 36.4 Å². The molecule has 1 aliphatic rings. The summed E-state index contributed by atoms with van der Waals surface area (Å²) in [6.07, 6.45) is 1.52. The molecule has 2 heterocycles. The van der Waals surface area contributed by atoms with Gasteiger partial charge in [-0.1, -0.05) is 23.2 Å². The van der Waals surface area contributed by atoms with Gasteiger partial charge in [0.1, 0.15) is 16.5 Å². The number of hydrogen-bond acceptors (Lipinski definition) is 4. The summed E-state index contributed by atoms with van der Waals surface area (Å²) in [4.78, 5) is 25.6.